The molecule has 0 aromatic heterocycles. The second-order valence-electron chi connectivity index (χ2n) is 8.62. The monoisotopic (exact) mass is 727 g/mol. The van der Waals surface area contributed by atoms with Gasteiger partial charge in [0.25, 0.3) is 17.7 Å². The standard InChI is InChI=1S/C28H21Cl3IN3O6/c1-3-40-23-10-15(9-21(32)25(23)41-13-24(36)33-17-6-7-19(30)20(31)12-17)8-18-26(37)34-28(39)35(27(18)38)22-11-16(29)5-4-14(22)2/h4-12H,3,13H2,1-2H3,(H,33,36)(H,34,37,39)/b18-8+. The van der Waals surface area contributed by atoms with E-state index < -0.39 is 23.8 Å². The number of benzene rings is 3. The molecular weight excluding hydrogens is 708 g/mol. The van der Waals surface area contributed by atoms with Crippen LogP contribution in [0.3, 0.4) is 0 Å². The van der Waals surface area contributed by atoms with Crippen LogP contribution in [-0.2, 0) is 14.4 Å². The quantitative estimate of drug-likeness (QED) is 0.153. The highest BCUT2D eigenvalue weighted by Gasteiger charge is 2.37. The lowest BCUT2D eigenvalue weighted by Crippen LogP contribution is -2.54. The first-order valence-corrected chi connectivity index (χ1v) is 14.2. The van der Waals surface area contributed by atoms with Crippen LogP contribution in [0.2, 0.25) is 15.1 Å². The van der Waals surface area contributed by atoms with Gasteiger partial charge in [0.15, 0.2) is 18.1 Å². The maximum atomic E-state index is 13.4. The van der Waals surface area contributed by atoms with Gasteiger partial charge in [-0.3, -0.25) is 19.7 Å². The van der Waals surface area contributed by atoms with Crippen molar-refractivity contribution in [2.75, 3.05) is 23.4 Å². The van der Waals surface area contributed by atoms with Gasteiger partial charge < -0.3 is 14.8 Å². The molecule has 13 heteroatoms. The normalized spacial score (nSPS) is 14.2. The number of anilines is 2. The first kappa shape index (κ1) is 30.6. The molecule has 0 bridgehead atoms. The molecule has 1 saturated heterocycles. The number of barbiturate groups is 1. The van der Waals surface area contributed by atoms with Crippen molar-refractivity contribution in [3.05, 3.63) is 83.9 Å². The van der Waals surface area contributed by atoms with Gasteiger partial charge in [0.1, 0.15) is 5.57 Å². The molecule has 0 spiro atoms. The lowest BCUT2D eigenvalue weighted by atomic mass is 10.1. The zero-order valence-corrected chi connectivity index (χ0v) is 25.9. The lowest BCUT2D eigenvalue weighted by Gasteiger charge is -2.27. The fourth-order valence-electron chi connectivity index (χ4n) is 3.85. The second-order valence-corrected chi connectivity index (χ2v) is 11.0. The summed E-state index contributed by atoms with van der Waals surface area (Å²) in [6, 6.07) is 11.8. The second kappa shape index (κ2) is 13.1. The van der Waals surface area contributed by atoms with Crippen LogP contribution in [0.5, 0.6) is 11.5 Å². The van der Waals surface area contributed by atoms with Crippen LogP contribution in [-0.4, -0.2) is 37.0 Å². The van der Waals surface area contributed by atoms with Crippen molar-refractivity contribution in [3.63, 3.8) is 0 Å². The molecule has 9 nitrogen and oxygen atoms in total. The van der Waals surface area contributed by atoms with Crippen molar-refractivity contribution in [3.8, 4) is 11.5 Å². The Morgan fingerprint density at radius 1 is 1.02 bits per heavy atom. The molecule has 0 aliphatic carbocycles. The number of amides is 5. The molecule has 1 aliphatic heterocycles. The fraction of sp³-hybridized carbons (Fsp3) is 0.143. The topological polar surface area (TPSA) is 114 Å². The fourth-order valence-corrected chi connectivity index (χ4v) is 5.09. The van der Waals surface area contributed by atoms with Gasteiger partial charge in [0.05, 0.1) is 25.9 Å². The number of nitrogens with one attached hydrogen (secondary N) is 2. The largest absolute Gasteiger partial charge is 0.490 e. The van der Waals surface area contributed by atoms with Gasteiger partial charge in [-0.05, 0) is 96.1 Å². The molecule has 1 fully saturated rings. The summed E-state index contributed by atoms with van der Waals surface area (Å²) in [6.45, 7) is 3.42. The maximum absolute atomic E-state index is 13.4. The number of ether oxygens (including phenoxy) is 2. The molecule has 0 atom stereocenters. The van der Waals surface area contributed by atoms with E-state index in [0.29, 0.717) is 41.2 Å². The number of urea groups is 1. The smallest absolute Gasteiger partial charge is 0.335 e. The van der Waals surface area contributed by atoms with Gasteiger partial charge in [0.2, 0.25) is 0 Å². The highest BCUT2D eigenvalue weighted by molar-refractivity contribution is 14.1. The van der Waals surface area contributed by atoms with Crippen LogP contribution in [0.4, 0.5) is 16.2 Å². The number of imide groups is 2. The third kappa shape index (κ3) is 7.13. The summed E-state index contributed by atoms with van der Waals surface area (Å²) in [5.41, 5.74) is 1.49. The minimum atomic E-state index is -0.880. The molecule has 0 radical (unpaired) electrons. The van der Waals surface area contributed by atoms with E-state index in [0.717, 1.165) is 4.90 Å². The molecule has 5 amide bonds. The molecule has 41 heavy (non-hydrogen) atoms. The molecule has 1 heterocycles. The summed E-state index contributed by atoms with van der Waals surface area (Å²) >= 11 is 20.0. The Balaban J connectivity index is 1.59. The number of hydrogen-bond acceptors (Lipinski definition) is 6. The number of halogens is 4. The van der Waals surface area contributed by atoms with Gasteiger partial charge in [-0.2, -0.15) is 0 Å². The molecule has 4 rings (SSSR count). The Bertz CT molecular complexity index is 1610. The van der Waals surface area contributed by atoms with E-state index in [2.05, 4.69) is 10.6 Å². The number of carbonyl (C=O) groups excluding carboxylic acids is 4. The van der Waals surface area contributed by atoms with Crippen LogP contribution in [0, 0.1) is 10.5 Å². The Hall–Kier alpha value is -3.32. The summed E-state index contributed by atoms with van der Waals surface area (Å²) < 4.78 is 12.0. The van der Waals surface area contributed by atoms with Gasteiger partial charge in [-0.15, -0.1) is 0 Å². The van der Waals surface area contributed by atoms with E-state index in [4.69, 9.17) is 44.3 Å². The van der Waals surface area contributed by atoms with Gasteiger partial charge in [-0.1, -0.05) is 40.9 Å². The highest BCUT2D eigenvalue weighted by Crippen LogP contribution is 2.36. The summed E-state index contributed by atoms with van der Waals surface area (Å²) in [5.74, 6) is -1.52. The SMILES string of the molecule is CCOc1cc(/C=C2\C(=O)NC(=O)N(c3cc(Cl)ccc3C)C2=O)cc(I)c1OCC(=O)Nc1ccc(Cl)c(Cl)c1. The van der Waals surface area contributed by atoms with Crippen molar-refractivity contribution in [2.24, 2.45) is 0 Å². The van der Waals surface area contributed by atoms with E-state index in [1.807, 2.05) is 22.6 Å². The molecule has 0 unspecified atom stereocenters. The average Bonchev–Trinajstić information content (AvgIpc) is 2.90. The third-order valence-electron chi connectivity index (χ3n) is 5.71. The first-order chi connectivity index (χ1) is 19.5. The number of aryl methyl sites for hydroxylation is 1. The van der Waals surface area contributed by atoms with Crippen LogP contribution in [0.15, 0.2) is 54.1 Å². The van der Waals surface area contributed by atoms with Crippen LogP contribution in [0.1, 0.15) is 18.1 Å². The van der Waals surface area contributed by atoms with E-state index in [1.54, 1.807) is 50.2 Å². The van der Waals surface area contributed by atoms with Crippen molar-refractivity contribution < 1.29 is 28.7 Å². The van der Waals surface area contributed by atoms with Crippen molar-refractivity contribution in [1.82, 2.24) is 5.32 Å². The van der Waals surface area contributed by atoms with Crippen molar-refractivity contribution in [2.45, 2.75) is 13.8 Å². The molecule has 212 valence electrons. The van der Waals surface area contributed by atoms with Crippen LogP contribution >= 0.6 is 57.4 Å². The van der Waals surface area contributed by atoms with Crippen LogP contribution in [0.25, 0.3) is 6.08 Å². The van der Waals surface area contributed by atoms with Crippen LogP contribution < -0.4 is 25.0 Å². The number of hydrogen-bond donors (Lipinski definition) is 2. The van der Waals surface area contributed by atoms with Crippen molar-refractivity contribution >= 4 is 98.6 Å². The molecule has 2 N–H and O–H groups in total. The Labute approximate surface area is 263 Å². The Morgan fingerprint density at radius 2 is 1.78 bits per heavy atom. The molecule has 0 saturated carbocycles. The van der Waals surface area contributed by atoms with E-state index in [-0.39, 0.29) is 30.2 Å². The average molecular weight is 729 g/mol. The summed E-state index contributed by atoms with van der Waals surface area (Å²) in [5, 5.41) is 5.85. The summed E-state index contributed by atoms with van der Waals surface area (Å²) in [6.07, 6.45) is 1.35. The maximum Gasteiger partial charge on any atom is 0.335 e. The van der Waals surface area contributed by atoms with Gasteiger partial charge >= 0.3 is 6.03 Å². The van der Waals surface area contributed by atoms with E-state index >= 15 is 0 Å². The minimum Gasteiger partial charge on any atom is -0.490 e. The Morgan fingerprint density at radius 3 is 2.49 bits per heavy atom. The molecule has 3 aromatic carbocycles. The lowest BCUT2D eigenvalue weighted by molar-refractivity contribution is -0.122. The molecule has 1 aliphatic rings. The predicted molar refractivity (Wildman–Crippen MR) is 166 cm³/mol. The number of carbonyl (C=O) groups is 4. The van der Waals surface area contributed by atoms with E-state index in [1.165, 1.54) is 18.2 Å². The third-order valence-corrected chi connectivity index (χ3v) is 7.48. The predicted octanol–water partition coefficient (Wildman–Crippen LogP) is 6.64. The Kier molecular flexibility index (Phi) is 9.80. The minimum absolute atomic E-state index is 0.255. The van der Waals surface area contributed by atoms with Gasteiger partial charge in [-0.25, -0.2) is 9.69 Å². The number of nitrogens with zero attached hydrogens (tertiary/aromatic N) is 1. The first-order valence-electron chi connectivity index (χ1n) is 12.0. The molecule has 3 aromatic rings. The van der Waals surface area contributed by atoms with Gasteiger partial charge in [0, 0.05) is 10.7 Å². The summed E-state index contributed by atoms with van der Waals surface area (Å²) in [4.78, 5) is 52.0. The summed E-state index contributed by atoms with van der Waals surface area (Å²) in [7, 11) is 0. The van der Waals surface area contributed by atoms with E-state index in [9.17, 15) is 19.2 Å². The van der Waals surface area contributed by atoms with Crippen molar-refractivity contribution in [1.29, 1.82) is 0 Å². The zero-order valence-electron chi connectivity index (χ0n) is 21.5. The molecular formula is C28H21Cl3IN3O6. The highest BCUT2D eigenvalue weighted by atomic mass is 127. The number of rotatable bonds is 8. The zero-order chi connectivity index (χ0) is 29.8.